The molecule has 21 heavy (non-hydrogen) atoms. The van der Waals surface area contributed by atoms with Gasteiger partial charge in [0.25, 0.3) is 0 Å². The minimum atomic E-state index is -4.71. The molecule has 0 bridgehead atoms. The molecule has 0 amide bonds. The predicted octanol–water partition coefficient (Wildman–Crippen LogP) is 4.47. The van der Waals surface area contributed by atoms with Crippen molar-refractivity contribution in [3.05, 3.63) is 48.0 Å². The summed E-state index contributed by atoms with van der Waals surface area (Å²) in [5.41, 5.74) is 2.13. The first-order valence-electron chi connectivity index (χ1n) is 6.06. The number of hydrogen-bond donors (Lipinski definition) is 1. The van der Waals surface area contributed by atoms with Crippen LogP contribution in [0.3, 0.4) is 0 Å². The quantitative estimate of drug-likeness (QED) is 0.845. The summed E-state index contributed by atoms with van der Waals surface area (Å²) in [5.74, 6) is -0.240. The molecule has 0 saturated carbocycles. The van der Waals surface area contributed by atoms with E-state index in [2.05, 4.69) is 4.74 Å². The first-order valence-corrected chi connectivity index (χ1v) is 7.29. The Kier molecular flexibility index (Phi) is 4.80. The van der Waals surface area contributed by atoms with Gasteiger partial charge in [-0.25, -0.2) is 0 Å². The minimum absolute atomic E-state index is 0.0758. The Morgan fingerprint density at radius 3 is 2.24 bits per heavy atom. The van der Waals surface area contributed by atoms with E-state index in [4.69, 9.17) is 5.11 Å². The second kappa shape index (κ2) is 6.41. The van der Waals surface area contributed by atoms with Crippen LogP contribution in [-0.2, 0) is 6.61 Å². The van der Waals surface area contributed by atoms with Crippen molar-refractivity contribution in [1.82, 2.24) is 0 Å². The van der Waals surface area contributed by atoms with Crippen molar-refractivity contribution < 1.29 is 23.0 Å². The summed E-state index contributed by atoms with van der Waals surface area (Å²) in [6, 6.07) is 11.5. The van der Waals surface area contributed by atoms with E-state index in [-0.39, 0.29) is 12.4 Å². The maximum Gasteiger partial charge on any atom is 0.573 e. The van der Waals surface area contributed by atoms with Crippen LogP contribution < -0.4 is 4.74 Å². The van der Waals surface area contributed by atoms with Crippen LogP contribution in [0.5, 0.6) is 5.75 Å². The number of aliphatic hydroxyl groups excluding tert-OH is 1. The fourth-order valence-corrected chi connectivity index (χ4v) is 2.33. The van der Waals surface area contributed by atoms with Gasteiger partial charge in [-0.2, -0.15) is 0 Å². The standard InChI is InChI=1S/C15H13F3O2S/c1-21-14-7-12(6-13(8-14)20-15(16,17)18)11-4-2-10(9-19)3-5-11/h2-8,19H,9H2,1H3. The molecule has 6 heteroatoms. The van der Waals surface area contributed by atoms with Gasteiger partial charge in [-0.05, 0) is 41.1 Å². The van der Waals surface area contributed by atoms with Crippen molar-refractivity contribution in [2.75, 3.05) is 6.26 Å². The highest BCUT2D eigenvalue weighted by Crippen LogP contribution is 2.32. The number of benzene rings is 2. The first kappa shape index (κ1) is 15.7. The molecule has 0 unspecified atom stereocenters. The largest absolute Gasteiger partial charge is 0.573 e. The van der Waals surface area contributed by atoms with Crippen LogP contribution in [0.4, 0.5) is 13.2 Å². The topological polar surface area (TPSA) is 29.5 Å². The number of alkyl halides is 3. The van der Waals surface area contributed by atoms with Gasteiger partial charge >= 0.3 is 6.36 Å². The summed E-state index contributed by atoms with van der Waals surface area (Å²) >= 11 is 1.34. The van der Waals surface area contributed by atoms with Crippen LogP contribution >= 0.6 is 11.8 Å². The van der Waals surface area contributed by atoms with Gasteiger partial charge in [-0.3, -0.25) is 0 Å². The lowest BCUT2D eigenvalue weighted by molar-refractivity contribution is -0.274. The van der Waals surface area contributed by atoms with Gasteiger partial charge in [0.05, 0.1) is 6.61 Å². The molecule has 1 N–H and O–H groups in total. The lowest BCUT2D eigenvalue weighted by Crippen LogP contribution is -2.17. The molecule has 0 saturated heterocycles. The second-order valence-corrected chi connectivity index (χ2v) is 5.18. The van der Waals surface area contributed by atoms with Crippen molar-refractivity contribution in [2.45, 2.75) is 17.9 Å². The maximum absolute atomic E-state index is 12.4. The monoisotopic (exact) mass is 314 g/mol. The van der Waals surface area contributed by atoms with E-state index in [0.717, 1.165) is 11.1 Å². The Balaban J connectivity index is 2.39. The summed E-state index contributed by atoms with van der Waals surface area (Å²) in [7, 11) is 0. The highest BCUT2D eigenvalue weighted by Gasteiger charge is 2.31. The number of aliphatic hydroxyl groups is 1. The molecule has 0 fully saturated rings. The summed E-state index contributed by atoms with van der Waals surface area (Å²) in [4.78, 5) is 0.679. The van der Waals surface area contributed by atoms with Crippen LogP contribution in [-0.4, -0.2) is 17.7 Å². The molecule has 0 aliphatic carbocycles. The predicted molar refractivity (Wildman–Crippen MR) is 76.3 cm³/mol. The number of thioether (sulfide) groups is 1. The molecule has 112 valence electrons. The second-order valence-electron chi connectivity index (χ2n) is 4.30. The zero-order valence-electron chi connectivity index (χ0n) is 11.1. The molecule has 0 aliphatic heterocycles. The molecule has 2 nitrogen and oxygen atoms in total. The average Bonchev–Trinajstić information content (AvgIpc) is 2.45. The fraction of sp³-hybridized carbons (Fsp3) is 0.200. The molecule has 0 aromatic heterocycles. The van der Waals surface area contributed by atoms with Gasteiger partial charge < -0.3 is 9.84 Å². The lowest BCUT2D eigenvalue weighted by atomic mass is 10.0. The normalized spacial score (nSPS) is 11.5. The molecule has 2 aromatic carbocycles. The highest BCUT2D eigenvalue weighted by molar-refractivity contribution is 7.98. The van der Waals surface area contributed by atoms with Crippen molar-refractivity contribution in [3.8, 4) is 16.9 Å². The summed E-state index contributed by atoms with van der Waals surface area (Å²) in [5, 5.41) is 9.00. The zero-order chi connectivity index (χ0) is 15.5. The molecular formula is C15H13F3O2S. The molecule has 2 aromatic rings. The smallest absolute Gasteiger partial charge is 0.406 e. The Labute approximate surface area is 124 Å². The minimum Gasteiger partial charge on any atom is -0.406 e. The van der Waals surface area contributed by atoms with Gasteiger partial charge in [0.2, 0.25) is 0 Å². The van der Waals surface area contributed by atoms with E-state index in [1.165, 1.54) is 23.9 Å². The van der Waals surface area contributed by atoms with Crippen molar-refractivity contribution >= 4 is 11.8 Å². The van der Waals surface area contributed by atoms with E-state index in [1.54, 1.807) is 36.6 Å². The van der Waals surface area contributed by atoms with E-state index < -0.39 is 6.36 Å². The van der Waals surface area contributed by atoms with Crippen LogP contribution in [0.1, 0.15) is 5.56 Å². The summed E-state index contributed by atoms with van der Waals surface area (Å²) < 4.78 is 41.1. The third-order valence-corrected chi connectivity index (χ3v) is 3.53. The van der Waals surface area contributed by atoms with Gasteiger partial charge in [-0.1, -0.05) is 24.3 Å². The van der Waals surface area contributed by atoms with E-state index in [9.17, 15) is 13.2 Å². The van der Waals surface area contributed by atoms with E-state index in [0.29, 0.717) is 10.5 Å². The fourth-order valence-electron chi connectivity index (χ4n) is 1.85. The Bertz CT molecular complexity index is 609. The summed E-state index contributed by atoms with van der Waals surface area (Å²) in [6.07, 6.45) is -2.93. The van der Waals surface area contributed by atoms with Crippen molar-refractivity contribution in [3.63, 3.8) is 0 Å². The molecule has 2 rings (SSSR count). The number of hydrogen-bond acceptors (Lipinski definition) is 3. The van der Waals surface area contributed by atoms with Gasteiger partial charge in [0.15, 0.2) is 0 Å². The van der Waals surface area contributed by atoms with E-state index in [1.807, 2.05) is 0 Å². The number of rotatable bonds is 4. The third-order valence-electron chi connectivity index (χ3n) is 2.82. The molecular weight excluding hydrogens is 301 g/mol. The molecule has 0 aliphatic rings. The van der Waals surface area contributed by atoms with Gasteiger partial charge in [-0.15, -0.1) is 24.9 Å². The van der Waals surface area contributed by atoms with Gasteiger partial charge in [0, 0.05) is 4.90 Å². The Morgan fingerprint density at radius 2 is 1.71 bits per heavy atom. The van der Waals surface area contributed by atoms with Crippen LogP contribution in [0, 0.1) is 0 Å². The average molecular weight is 314 g/mol. The van der Waals surface area contributed by atoms with Crippen LogP contribution in [0.2, 0.25) is 0 Å². The molecule has 0 radical (unpaired) electrons. The SMILES string of the molecule is CSc1cc(OC(F)(F)F)cc(-c2ccc(CO)cc2)c1. The molecule has 0 spiro atoms. The van der Waals surface area contributed by atoms with E-state index >= 15 is 0 Å². The van der Waals surface area contributed by atoms with Crippen molar-refractivity contribution in [2.24, 2.45) is 0 Å². The molecule has 0 heterocycles. The Morgan fingerprint density at radius 1 is 1.05 bits per heavy atom. The zero-order valence-corrected chi connectivity index (χ0v) is 12.0. The first-order chi connectivity index (χ1) is 9.91. The van der Waals surface area contributed by atoms with Crippen LogP contribution in [0.15, 0.2) is 47.4 Å². The van der Waals surface area contributed by atoms with Crippen LogP contribution in [0.25, 0.3) is 11.1 Å². The van der Waals surface area contributed by atoms with Crippen molar-refractivity contribution in [1.29, 1.82) is 0 Å². The lowest BCUT2D eigenvalue weighted by Gasteiger charge is -2.12. The number of ether oxygens (including phenoxy) is 1. The Hall–Kier alpha value is -1.66. The number of halogens is 3. The third kappa shape index (κ3) is 4.41. The summed E-state index contributed by atoms with van der Waals surface area (Å²) in [6.45, 7) is -0.0758. The molecule has 0 atom stereocenters. The highest BCUT2D eigenvalue weighted by atomic mass is 32.2. The van der Waals surface area contributed by atoms with Gasteiger partial charge in [0.1, 0.15) is 5.75 Å². The maximum atomic E-state index is 12.4.